The molecule has 4 rings (SSSR count). The monoisotopic (exact) mass is 370 g/mol. The van der Waals surface area contributed by atoms with Gasteiger partial charge >= 0.3 is 0 Å². The number of carbonyl (C=O) groups excluding carboxylic acids is 1. The first-order chi connectivity index (χ1) is 12.3. The van der Waals surface area contributed by atoms with Gasteiger partial charge in [-0.15, -0.1) is 12.4 Å². The molecule has 2 N–H and O–H groups in total. The van der Waals surface area contributed by atoms with E-state index in [0.29, 0.717) is 6.54 Å². The second-order valence-electron chi connectivity index (χ2n) is 6.53. The molecule has 2 heterocycles. The Morgan fingerprint density at radius 2 is 2.00 bits per heavy atom. The van der Waals surface area contributed by atoms with Gasteiger partial charge in [0.05, 0.1) is 17.0 Å². The van der Waals surface area contributed by atoms with Gasteiger partial charge in [0.25, 0.3) is 0 Å². The molecule has 1 aliphatic heterocycles. The molecule has 1 atom stereocenters. The summed E-state index contributed by atoms with van der Waals surface area (Å²) in [5, 5.41) is 6.34. The van der Waals surface area contributed by atoms with Crippen LogP contribution in [0.5, 0.6) is 0 Å². The second-order valence-corrected chi connectivity index (χ2v) is 6.53. The molecule has 5 nitrogen and oxygen atoms in total. The van der Waals surface area contributed by atoms with Gasteiger partial charge in [0.1, 0.15) is 6.33 Å². The van der Waals surface area contributed by atoms with Crippen LogP contribution in [0.3, 0.4) is 0 Å². The summed E-state index contributed by atoms with van der Waals surface area (Å²) in [5.41, 5.74) is 4.25. The van der Waals surface area contributed by atoms with Crippen molar-refractivity contribution in [2.75, 3.05) is 13.1 Å². The largest absolute Gasteiger partial charge is 0.352 e. The average Bonchev–Trinajstić information content (AvgIpc) is 3.11. The highest BCUT2D eigenvalue weighted by molar-refractivity contribution is 5.85. The third kappa shape index (κ3) is 3.89. The van der Waals surface area contributed by atoms with Crippen molar-refractivity contribution in [3.63, 3.8) is 0 Å². The number of hydrogen-bond acceptors (Lipinski definition) is 3. The summed E-state index contributed by atoms with van der Waals surface area (Å²) in [7, 11) is 0. The van der Waals surface area contributed by atoms with Gasteiger partial charge in [0, 0.05) is 18.8 Å². The van der Waals surface area contributed by atoms with E-state index in [1.807, 2.05) is 24.5 Å². The quantitative estimate of drug-likeness (QED) is 0.742. The van der Waals surface area contributed by atoms with Gasteiger partial charge in [-0.3, -0.25) is 9.36 Å². The lowest BCUT2D eigenvalue weighted by Crippen LogP contribution is -2.40. The fourth-order valence-electron chi connectivity index (χ4n) is 3.35. The molecule has 1 amide bonds. The number of hydrogen-bond donors (Lipinski definition) is 2. The van der Waals surface area contributed by atoms with E-state index in [2.05, 4.69) is 50.5 Å². The molecular formula is C20H23ClN4O. The number of amides is 1. The maximum Gasteiger partial charge on any atom is 0.224 e. The number of nitrogens with one attached hydrogen (secondary N) is 2. The highest BCUT2D eigenvalue weighted by Gasteiger charge is 2.20. The minimum atomic E-state index is 0. The number of piperidine rings is 1. The molecule has 6 heteroatoms. The van der Waals surface area contributed by atoms with E-state index in [1.54, 1.807) is 0 Å². The molecule has 26 heavy (non-hydrogen) atoms. The summed E-state index contributed by atoms with van der Waals surface area (Å²) in [6.07, 6.45) is 3.90. The number of nitrogens with zero attached hydrogens (tertiary/aromatic N) is 2. The summed E-state index contributed by atoms with van der Waals surface area (Å²) < 4.78 is 2.07. The first kappa shape index (κ1) is 18.4. The van der Waals surface area contributed by atoms with E-state index in [1.165, 1.54) is 0 Å². The standard InChI is InChI=1S/C20H22N4O.ClH/c25-20(16-4-3-11-21-13-16)22-12-15-7-9-17(10-8-15)24-14-23-18-5-1-2-6-19(18)24;/h1-2,5-10,14,16,21H,3-4,11-13H2,(H,22,25);1H. The minimum Gasteiger partial charge on any atom is -0.352 e. The van der Waals surface area contributed by atoms with Crippen molar-refractivity contribution in [1.29, 1.82) is 0 Å². The molecule has 0 radical (unpaired) electrons. The summed E-state index contributed by atoms with van der Waals surface area (Å²) in [6.45, 7) is 2.38. The summed E-state index contributed by atoms with van der Waals surface area (Å²) in [6, 6.07) is 16.3. The molecule has 1 saturated heterocycles. The molecular weight excluding hydrogens is 348 g/mol. The first-order valence-corrected chi connectivity index (χ1v) is 8.81. The second kappa shape index (κ2) is 8.34. The van der Waals surface area contributed by atoms with Gasteiger partial charge < -0.3 is 10.6 Å². The summed E-state index contributed by atoms with van der Waals surface area (Å²) in [5.74, 6) is 0.252. The number of rotatable bonds is 4. The molecule has 2 aromatic carbocycles. The van der Waals surface area contributed by atoms with Crippen LogP contribution < -0.4 is 10.6 Å². The van der Waals surface area contributed by atoms with Crippen LogP contribution in [0.4, 0.5) is 0 Å². The SMILES string of the molecule is Cl.O=C(NCc1ccc(-n2cnc3ccccc32)cc1)C1CCCNC1. The fourth-order valence-corrected chi connectivity index (χ4v) is 3.35. The number of aromatic nitrogens is 2. The van der Waals surface area contributed by atoms with Crippen molar-refractivity contribution < 1.29 is 4.79 Å². The predicted molar refractivity (Wildman–Crippen MR) is 106 cm³/mol. The Hall–Kier alpha value is -2.37. The van der Waals surface area contributed by atoms with Crippen molar-refractivity contribution in [3.05, 3.63) is 60.4 Å². The van der Waals surface area contributed by atoms with Crippen molar-refractivity contribution in [1.82, 2.24) is 20.2 Å². The molecule has 1 aliphatic rings. The van der Waals surface area contributed by atoms with Crippen LogP contribution in [0.15, 0.2) is 54.9 Å². The molecule has 1 aromatic heterocycles. The lowest BCUT2D eigenvalue weighted by atomic mass is 9.99. The van der Waals surface area contributed by atoms with Gasteiger partial charge in [-0.05, 0) is 49.2 Å². The Bertz CT molecular complexity index is 869. The Morgan fingerprint density at radius 3 is 2.77 bits per heavy atom. The molecule has 1 fully saturated rings. The third-order valence-electron chi connectivity index (χ3n) is 4.80. The Labute approximate surface area is 159 Å². The molecule has 1 unspecified atom stereocenters. The Kier molecular flexibility index (Phi) is 5.91. The number of para-hydroxylation sites is 2. The van der Waals surface area contributed by atoms with E-state index in [-0.39, 0.29) is 24.2 Å². The van der Waals surface area contributed by atoms with Crippen LogP contribution >= 0.6 is 12.4 Å². The van der Waals surface area contributed by atoms with Crippen LogP contribution in [0.1, 0.15) is 18.4 Å². The molecule has 0 aliphatic carbocycles. The Morgan fingerprint density at radius 1 is 1.19 bits per heavy atom. The van der Waals surface area contributed by atoms with Crippen molar-refractivity contribution in [2.45, 2.75) is 19.4 Å². The first-order valence-electron chi connectivity index (χ1n) is 8.81. The van der Waals surface area contributed by atoms with Crippen molar-refractivity contribution in [3.8, 4) is 5.69 Å². The number of carbonyl (C=O) groups is 1. The molecule has 136 valence electrons. The van der Waals surface area contributed by atoms with Crippen molar-refractivity contribution >= 4 is 29.3 Å². The Balaban J connectivity index is 0.00000196. The number of benzene rings is 2. The van der Waals surface area contributed by atoms with Crippen LogP contribution in [0.2, 0.25) is 0 Å². The van der Waals surface area contributed by atoms with Crippen LogP contribution in [-0.2, 0) is 11.3 Å². The van der Waals surface area contributed by atoms with Crippen LogP contribution in [0, 0.1) is 5.92 Å². The highest BCUT2D eigenvalue weighted by Crippen LogP contribution is 2.18. The lowest BCUT2D eigenvalue weighted by Gasteiger charge is -2.21. The van der Waals surface area contributed by atoms with Gasteiger partial charge in [0.15, 0.2) is 0 Å². The molecule has 0 bridgehead atoms. The smallest absolute Gasteiger partial charge is 0.224 e. The number of halogens is 1. The zero-order valence-electron chi connectivity index (χ0n) is 14.5. The maximum atomic E-state index is 12.2. The van der Waals surface area contributed by atoms with E-state index < -0.39 is 0 Å². The zero-order chi connectivity index (χ0) is 17.1. The highest BCUT2D eigenvalue weighted by atomic mass is 35.5. The van der Waals surface area contributed by atoms with Crippen molar-refractivity contribution in [2.24, 2.45) is 5.92 Å². The number of fused-ring (bicyclic) bond motifs is 1. The third-order valence-corrected chi connectivity index (χ3v) is 4.80. The lowest BCUT2D eigenvalue weighted by molar-refractivity contribution is -0.125. The van der Waals surface area contributed by atoms with E-state index in [0.717, 1.165) is 48.2 Å². The summed E-state index contributed by atoms with van der Waals surface area (Å²) >= 11 is 0. The maximum absolute atomic E-state index is 12.2. The van der Waals surface area contributed by atoms with Gasteiger partial charge in [-0.1, -0.05) is 24.3 Å². The zero-order valence-corrected chi connectivity index (χ0v) is 15.3. The van der Waals surface area contributed by atoms with Gasteiger partial charge in [0.2, 0.25) is 5.91 Å². The minimum absolute atomic E-state index is 0. The fraction of sp³-hybridized carbons (Fsp3) is 0.300. The van der Waals surface area contributed by atoms with Crippen LogP contribution in [0.25, 0.3) is 16.7 Å². The van der Waals surface area contributed by atoms with Gasteiger partial charge in [-0.25, -0.2) is 4.98 Å². The normalized spacial score (nSPS) is 16.8. The van der Waals surface area contributed by atoms with E-state index in [9.17, 15) is 4.79 Å². The summed E-state index contributed by atoms with van der Waals surface area (Å²) in [4.78, 5) is 16.6. The van der Waals surface area contributed by atoms with Crippen LogP contribution in [-0.4, -0.2) is 28.5 Å². The predicted octanol–water partition coefficient (Wildman–Crippen LogP) is 3.06. The average molecular weight is 371 g/mol. The van der Waals surface area contributed by atoms with E-state index in [4.69, 9.17) is 0 Å². The van der Waals surface area contributed by atoms with Gasteiger partial charge in [-0.2, -0.15) is 0 Å². The molecule has 0 spiro atoms. The molecule has 0 saturated carbocycles. The molecule has 3 aromatic rings. The van der Waals surface area contributed by atoms with E-state index >= 15 is 0 Å². The number of imidazole rings is 1. The topological polar surface area (TPSA) is 59.0 Å².